The van der Waals surface area contributed by atoms with Gasteiger partial charge in [-0.3, -0.25) is 0 Å². The van der Waals surface area contributed by atoms with E-state index in [1.807, 2.05) is 6.92 Å². The molecule has 1 aromatic heterocycles. The van der Waals surface area contributed by atoms with Crippen LogP contribution in [0.2, 0.25) is 0 Å². The van der Waals surface area contributed by atoms with Crippen molar-refractivity contribution in [1.82, 2.24) is 4.98 Å². The number of ether oxygens (including phenoxy) is 1. The maximum Gasteiger partial charge on any atom is 0.340 e. The molecule has 0 spiro atoms. The Kier molecular flexibility index (Phi) is 5.43. The normalized spacial score (nSPS) is 14.0. The topological polar surface area (TPSA) is 85.4 Å². The SMILES string of the molecule is CCOC(=O)c1cc(SC(C)C(C)O)ncc1N. The molecule has 1 aromatic rings. The smallest absolute Gasteiger partial charge is 0.340 e. The van der Waals surface area contributed by atoms with Crippen molar-refractivity contribution in [3.05, 3.63) is 17.8 Å². The number of anilines is 1. The maximum atomic E-state index is 11.6. The van der Waals surface area contributed by atoms with E-state index in [0.717, 1.165) is 0 Å². The zero-order valence-electron chi connectivity index (χ0n) is 10.7. The highest BCUT2D eigenvalue weighted by molar-refractivity contribution is 7.99. The van der Waals surface area contributed by atoms with E-state index >= 15 is 0 Å². The van der Waals surface area contributed by atoms with E-state index in [2.05, 4.69) is 4.98 Å². The largest absolute Gasteiger partial charge is 0.462 e. The van der Waals surface area contributed by atoms with E-state index in [1.165, 1.54) is 18.0 Å². The third-order valence-corrected chi connectivity index (χ3v) is 3.62. The first kappa shape index (κ1) is 14.8. The van der Waals surface area contributed by atoms with Gasteiger partial charge in [0.25, 0.3) is 0 Å². The van der Waals surface area contributed by atoms with E-state index in [9.17, 15) is 9.90 Å². The monoisotopic (exact) mass is 270 g/mol. The minimum absolute atomic E-state index is 0.0174. The van der Waals surface area contributed by atoms with Gasteiger partial charge >= 0.3 is 5.97 Å². The Morgan fingerprint density at radius 3 is 2.83 bits per heavy atom. The summed E-state index contributed by atoms with van der Waals surface area (Å²) in [6, 6.07) is 1.59. The van der Waals surface area contributed by atoms with E-state index in [-0.39, 0.29) is 5.25 Å². The summed E-state index contributed by atoms with van der Waals surface area (Å²) in [5.41, 5.74) is 6.30. The molecule has 3 N–H and O–H groups in total. The molecule has 100 valence electrons. The Hall–Kier alpha value is -1.27. The standard InChI is InChI=1S/C12H18N2O3S/c1-4-17-12(16)9-5-11(14-6-10(9)13)18-8(3)7(2)15/h5-8,15H,4,13H2,1-3H3. The molecular weight excluding hydrogens is 252 g/mol. The highest BCUT2D eigenvalue weighted by atomic mass is 32.2. The van der Waals surface area contributed by atoms with Crippen molar-refractivity contribution >= 4 is 23.4 Å². The van der Waals surface area contributed by atoms with Gasteiger partial charge in [-0.15, -0.1) is 11.8 Å². The number of aromatic nitrogens is 1. The molecule has 0 aliphatic heterocycles. The molecule has 2 atom stereocenters. The van der Waals surface area contributed by atoms with Gasteiger partial charge in [-0.05, 0) is 19.9 Å². The van der Waals surface area contributed by atoms with E-state index in [1.54, 1.807) is 19.9 Å². The number of hydrogen-bond donors (Lipinski definition) is 2. The third kappa shape index (κ3) is 3.89. The lowest BCUT2D eigenvalue weighted by Crippen LogP contribution is -2.15. The van der Waals surface area contributed by atoms with Crippen LogP contribution in [0.1, 0.15) is 31.1 Å². The number of nitrogen functional groups attached to an aromatic ring is 1. The number of carbonyl (C=O) groups is 1. The summed E-state index contributed by atoms with van der Waals surface area (Å²) in [6.07, 6.45) is 0.976. The van der Waals surface area contributed by atoms with Crippen LogP contribution in [0.3, 0.4) is 0 Å². The molecule has 18 heavy (non-hydrogen) atoms. The van der Waals surface area contributed by atoms with Gasteiger partial charge in [0, 0.05) is 5.25 Å². The van der Waals surface area contributed by atoms with Crippen molar-refractivity contribution in [3.8, 4) is 0 Å². The number of aliphatic hydroxyl groups is 1. The molecule has 0 radical (unpaired) electrons. The summed E-state index contributed by atoms with van der Waals surface area (Å²) in [5, 5.41) is 10.1. The van der Waals surface area contributed by atoms with Crippen molar-refractivity contribution in [1.29, 1.82) is 0 Å². The number of hydrogen-bond acceptors (Lipinski definition) is 6. The number of rotatable bonds is 5. The fourth-order valence-corrected chi connectivity index (χ4v) is 2.06. The molecule has 0 bridgehead atoms. The summed E-state index contributed by atoms with van der Waals surface area (Å²) in [7, 11) is 0. The lowest BCUT2D eigenvalue weighted by atomic mass is 10.2. The molecule has 1 heterocycles. The first-order chi connectivity index (χ1) is 8.45. The number of pyridine rings is 1. The van der Waals surface area contributed by atoms with Crippen molar-refractivity contribution < 1.29 is 14.6 Å². The van der Waals surface area contributed by atoms with Gasteiger partial charge in [0.2, 0.25) is 0 Å². The van der Waals surface area contributed by atoms with Crippen LogP contribution in [-0.4, -0.2) is 34.0 Å². The fraction of sp³-hybridized carbons (Fsp3) is 0.500. The number of nitrogens with two attached hydrogens (primary N) is 1. The first-order valence-corrected chi connectivity index (χ1v) is 6.61. The fourth-order valence-electron chi connectivity index (χ4n) is 1.19. The van der Waals surface area contributed by atoms with E-state index in [0.29, 0.717) is 22.9 Å². The minimum Gasteiger partial charge on any atom is -0.462 e. The number of esters is 1. The second kappa shape index (κ2) is 6.61. The van der Waals surface area contributed by atoms with Crippen LogP contribution in [0.5, 0.6) is 0 Å². The Labute approximate surface area is 111 Å². The molecule has 0 aliphatic rings. The number of thioether (sulfide) groups is 1. The molecule has 0 saturated carbocycles. The molecule has 6 heteroatoms. The summed E-state index contributed by atoms with van der Waals surface area (Å²) < 4.78 is 4.91. The number of nitrogens with zero attached hydrogens (tertiary/aromatic N) is 1. The lowest BCUT2D eigenvalue weighted by molar-refractivity contribution is 0.0527. The maximum absolute atomic E-state index is 11.6. The van der Waals surface area contributed by atoms with Crippen molar-refractivity contribution in [3.63, 3.8) is 0 Å². The predicted molar refractivity (Wildman–Crippen MR) is 71.6 cm³/mol. The Bertz CT molecular complexity index is 424. The highest BCUT2D eigenvalue weighted by Gasteiger charge is 2.16. The highest BCUT2D eigenvalue weighted by Crippen LogP contribution is 2.26. The molecule has 0 aromatic carbocycles. The number of carbonyl (C=O) groups excluding carboxylic acids is 1. The zero-order valence-corrected chi connectivity index (χ0v) is 11.5. The molecule has 5 nitrogen and oxygen atoms in total. The molecule has 0 aliphatic carbocycles. The average Bonchev–Trinajstić information content (AvgIpc) is 2.31. The van der Waals surface area contributed by atoms with Gasteiger partial charge in [0.1, 0.15) is 0 Å². The van der Waals surface area contributed by atoms with Crippen LogP contribution in [0.15, 0.2) is 17.3 Å². The Morgan fingerprint density at radius 2 is 2.28 bits per heavy atom. The quantitative estimate of drug-likeness (QED) is 0.625. The van der Waals surface area contributed by atoms with Crippen molar-refractivity contribution in [2.24, 2.45) is 0 Å². The summed E-state index contributed by atoms with van der Waals surface area (Å²) in [5.74, 6) is -0.455. The molecule has 0 saturated heterocycles. The average molecular weight is 270 g/mol. The second-order valence-corrected chi connectivity index (χ2v) is 5.29. The van der Waals surface area contributed by atoms with Crippen molar-refractivity contribution in [2.45, 2.75) is 37.2 Å². The third-order valence-electron chi connectivity index (χ3n) is 2.39. The van der Waals surface area contributed by atoms with E-state index < -0.39 is 12.1 Å². The summed E-state index contributed by atoms with van der Waals surface area (Å²) in [6.45, 7) is 5.63. The molecule has 0 fully saturated rings. The van der Waals surface area contributed by atoms with Gasteiger partial charge in [-0.2, -0.15) is 0 Å². The summed E-state index contributed by atoms with van der Waals surface area (Å²) in [4.78, 5) is 15.8. The lowest BCUT2D eigenvalue weighted by Gasteiger charge is -2.14. The zero-order chi connectivity index (χ0) is 13.7. The van der Waals surface area contributed by atoms with Crippen LogP contribution in [0, 0.1) is 0 Å². The first-order valence-electron chi connectivity index (χ1n) is 5.73. The van der Waals surface area contributed by atoms with Gasteiger partial charge in [-0.25, -0.2) is 9.78 Å². The van der Waals surface area contributed by atoms with Crippen LogP contribution >= 0.6 is 11.8 Å². The van der Waals surface area contributed by atoms with Crippen LogP contribution < -0.4 is 5.73 Å². The van der Waals surface area contributed by atoms with Gasteiger partial charge in [0.15, 0.2) is 0 Å². The van der Waals surface area contributed by atoms with Crippen molar-refractivity contribution in [2.75, 3.05) is 12.3 Å². The molecule has 2 unspecified atom stereocenters. The second-order valence-electron chi connectivity index (χ2n) is 3.89. The molecule has 1 rings (SSSR count). The minimum atomic E-state index is -0.458. The Morgan fingerprint density at radius 1 is 1.61 bits per heavy atom. The predicted octanol–water partition coefficient (Wildman–Crippen LogP) is 1.70. The van der Waals surface area contributed by atoms with E-state index in [4.69, 9.17) is 10.5 Å². The van der Waals surface area contributed by atoms with Crippen LogP contribution in [0.4, 0.5) is 5.69 Å². The molecular formula is C12H18N2O3S. The van der Waals surface area contributed by atoms with Gasteiger partial charge in [0.05, 0.1) is 35.2 Å². The van der Waals surface area contributed by atoms with Crippen LogP contribution in [-0.2, 0) is 4.74 Å². The van der Waals surface area contributed by atoms with Gasteiger partial charge < -0.3 is 15.6 Å². The Balaban J connectivity index is 2.90. The summed E-state index contributed by atoms with van der Waals surface area (Å²) >= 11 is 1.39. The number of aliphatic hydroxyl groups excluding tert-OH is 1. The van der Waals surface area contributed by atoms with Gasteiger partial charge in [-0.1, -0.05) is 6.92 Å². The molecule has 0 amide bonds. The van der Waals surface area contributed by atoms with Crippen LogP contribution in [0.25, 0.3) is 0 Å².